The zero-order valence-corrected chi connectivity index (χ0v) is 17.0. The van der Waals surface area contributed by atoms with Crippen molar-refractivity contribution in [1.82, 2.24) is 19.9 Å². The van der Waals surface area contributed by atoms with Gasteiger partial charge in [-0.05, 0) is 37.3 Å². The minimum atomic E-state index is -1.90. The van der Waals surface area contributed by atoms with E-state index in [0.717, 1.165) is 6.07 Å². The van der Waals surface area contributed by atoms with Gasteiger partial charge in [0.25, 0.3) is 0 Å². The Kier molecular flexibility index (Phi) is 6.06. The highest BCUT2D eigenvalue weighted by molar-refractivity contribution is 5.58. The average Bonchev–Trinajstić information content (AvgIpc) is 3.44. The maximum absolute atomic E-state index is 14.6. The third-order valence-corrected chi connectivity index (χ3v) is 5.11. The van der Waals surface area contributed by atoms with Crippen LogP contribution in [0.25, 0.3) is 11.3 Å². The number of aromatic nitrogens is 4. The van der Waals surface area contributed by atoms with Crippen LogP contribution in [0.1, 0.15) is 18.2 Å². The van der Waals surface area contributed by atoms with Gasteiger partial charge in [0.15, 0.2) is 5.76 Å². The van der Waals surface area contributed by atoms with Gasteiger partial charge in [-0.2, -0.15) is 5.10 Å². The summed E-state index contributed by atoms with van der Waals surface area (Å²) in [6.07, 6.45) is 1.68. The number of aliphatic hydroxyl groups is 1. The molecule has 2 aromatic heterocycles. The first kappa shape index (κ1) is 21.7. The van der Waals surface area contributed by atoms with Crippen LogP contribution in [0.5, 0.6) is 0 Å². The molecule has 0 saturated heterocycles. The van der Waals surface area contributed by atoms with Crippen LogP contribution in [-0.4, -0.2) is 31.1 Å². The van der Waals surface area contributed by atoms with Crippen LogP contribution in [0.15, 0.2) is 65.7 Å². The van der Waals surface area contributed by atoms with E-state index in [1.807, 2.05) is 0 Å². The number of ether oxygens (including phenoxy) is 1. The van der Waals surface area contributed by atoms with Gasteiger partial charge in [0.2, 0.25) is 0 Å². The fraction of sp³-hybridized carbons (Fsp3) is 0.227. The molecule has 0 aliphatic rings. The molecular weight excluding hydrogens is 425 g/mol. The van der Waals surface area contributed by atoms with E-state index in [0.29, 0.717) is 23.1 Å². The van der Waals surface area contributed by atoms with E-state index in [4.69, 9.17) is 9.26 Å². The molecule has 4 aromatic rings. The largest absolute Gasteiger partial charge is 0.380 e. The van der Waals surface area contributed by atoms with E-state index < -0.39 is 23.3 Å². The Labute approximate surface area is 181 Å². The Balaban J connectivity index is 1.54. The third-order valence-electron chi connectivity index (χ3n) is 5.11. The maximum atomic E-state index is 14.6. The van der Waals surface area contributed by atoms with Gasteiger partial charge in [-0.15, -0.1) is 0 Å². The first-order chi connectivity index (χ1) is 15.3. The summed E-state index contributed by atoms with van der Waals surface area (Å²) < 4.78 is 53.5. The van der Waals surface area contributed by atoms with Gasteiger partial charge < -0.3 is 14.4 Å². The topological polar surface area (TPSA) is 86.2 Å². The molecule has 0 amide bonds. The predicted molar refractivity (Wildman–Crippen MR) is 106 cm³/mol. The zero-order chi connectivity index (χ0) is 22.7. The monoisotopic (exact) mass is 444 g/mol. The van der Waals surface area contributed by atoms with Gasteiger partial charge in [-0.3, -0.25) is 0 Å². The van der Waals surface area contributed by atoms with E-state index in [-0.39, 0.29) is 24.5 Å². The number of halogens is 3. The van der Waals surface area contributed by atoms with Crippen molar-refractivity contribution in [3.05, 3.63) is 90.0 Å². The molecule has 7 nitrogen and oxygen atoms in total. The Bertz CT molecular complexity index is 1180. The molecule has 2 aromatic carbocycles. The first-order valence-corrected chi connectivity index (χ1v) is 9.68. The third kappa shape index (κ3) is 4.56. The number of nitrogens with zero attached hydrogens (tertiary/aromatic N) is 4. The average molecular weight is 444 g/mol. The van der Waals surface area contributed by atoms with Crippen LogP contribution in [0.3, 0.4) is 0 Å². The van der Waals surface area contributed by atoms with Crippen molar-refractivity contribution in [2.45, 2.75) is 31.8 Å². The molecule has 2 unspecified atom stereocenters. The smallest absolute Gasteiger partial charge is 0.163 e. The van der Waals surface area contributed by atoms with Gasteiger partial charge in [-0.25, -0.2) is 22.8 Å². The minimum absolute atomic E-state index is 0.0855. The van der Waals surface area contributed by atoms with Crippen molar-refractivity contribution in [3.8, 4) is 11.3 Å². The molecule has 0 aliphatic heterocycles. The lowest BCUT2D eigenvalue weighted by atomic mass is 9.88. The van der Waals surface area contributed by atoms with Gasteiger partial charge >= 0.3 is 0 Å². The van der Waals surface area contributed by atoms with Crippen LogP contribution in [-0.2, 0) is 23.5 Å². The van der Waals surface area contributed by atoms with E-state index >= 15 is 0 Å². The van der Waals surface area contributed by atoms with Crippen molar-refractivity contribution < 1.29 is 27.5 Å². The minimum Gasteiger partial charge on any atom is -0.380 e. The van der Waals surface area contributed by atoms with Crippen molar-refractivity contribution in [2.24, 2.45) is 0 Å². The summed E-state index contributed by atoms with van der Waals surface area (Å²) in [4.78, 5) is 3.83. The normalized spacial score (nSPS) is 14.3. The van der Waals surface area contributed by atoms with Crippen molar-refractivity contribution in [2.75, 3.05) is 0 Å². The summed E-state index contributed by atoms with van der Waals surface area (Å²) in [5, 5.41) is 19.3. The predicted octanol–water partition coefficient (Wildman–Crippen LogP) is 3.84. The summed E-state index contributed by atoms with van der Waals surface area (Å²) in [7, 11) is 0. The van der Waals surface area contributed by atoms with E-state index in [1.165, 1.54) is 35.5 Å². The van der Waals surface area contributed by atoms with Crippen LogP contribution < -0.4 is 0 Å². The molecular formula is C22H19F3N4O3. The fourth-order valence-corrected chi connectivity index (χ4v) is 3.32. The second-order valence-electron chi connectivity index (χ2n) is 7.28. The van der Waals surface area contributed by atoms with E-state index in [2.05, 4.69) is 15.2 Å². The molecule has 166 valence electrons. The van der Waals surface area contributed by atoms with Crippen LogP contribution in [0.4, 0.5) is 13.2 Å². The van der Waals surface area contributed by atoms with Gasteiger partial charge in [0.1, 0.15) is 48.0 Å². The number of hydrogen-bond donors (Lipinski definition) is 1. The van der Waals surface area contributed by atoms with E-state index in [9.17, 15) is 18.3 Å². The van der Waals surface area contributed by atoms with Gasteiger partial charge in [0, 0.05) is 23.3 Å². The Morgan fingerprint density at radius 2 is 1.84 bits per heavy atom. The standard InChI is InChI=1S/C22H19F3N4O3/c1-14(31-10-18-9-21(28-32-18)15-2-4-16(23)5-3-15)22(30,11-29-13-26-12-27-29)19-7-6-17(24)8-20(19)25/h2-9,12-14,30H,10-11H2,1H3. The second-order valence-corrected chi connectivity index (χ2v) is 7.28. The molecule has 1 N–H and O–H groups in total. The SMILES string of the molecule is CC(OCc1cc(-c2ccc(F)cc2)no1)C(O)(Cn1cncn1)c1ccc(F)cc1F. The number of hydrogen-bond acceptors (Lipinski definition) is 6. The first-order valence-electron chi connectivity index (χ1n) is 9.68. The highest BCUT2D eigenvalue weighted by Gasteiger charge is 2.40. The highest BCUT2D eigenvalue weighted by Crippen LogP contribution is 2.32. The Morgan fingerprint density at radius 1 is 1.09 bits per heavy atom. The maximum Gasteiger partial charge on any atom is 0.163 e. The lowest BCUT2D eigenvalue weighted by Gasteiger charge is -2.34. The lowest BCUT2D eigenvalue weighted by Crippen LogP contribution is -2.44. The van der Waals surface area contributed by atoms with Crippen LogP contribution in [0, 0.1) is 17.5 Å². The molecule has 2 atom stereocenters. The number of rotatable bonds is 8. The molecule has 0 spiro atoms. The molecule has 0 aliphatic carbocycles. The summed E-state index contributed by atoms with van der Waals surface area (Å²) in [6.45, 7) is 1.28. The quantitative estimate of drug-likeness (QED) is 0.444. The van der Waals surface area contributed by atoms with Crippen molar-refractivity contribution >= 4 is 0 Å². The molecule has 4 rings (SSSR count). The molecule has 10 heteroatoms. The number of benzene rings is 2. The van der Waals surface area contributed by atoms with Gasteiger partial charge in [0.05, 0.1) is 12.6 Å². The van der Waals surface area contributed by atoms with Crippen LogP contribution in [0.2, 0.25) is 0 Å². The fourth-order valence-electron chi connectivity index (χ4n) is 3.32. The molecule has 0 bridgehead atoms. The van der Waals surface area contributed by atoms with Crippen LogP contribution >= 0.6 is 0 Å². The molecule has 2 heterocycles. The van der Waals surface area contributed by atoms with E-state index in [1.54, 1.807) is 25.1 Å². The molecule has 32 heavy (non-hydrogen) atoms. The summed E-state index contributed by atoms with van der Waals surface area (Å²) >= 11 is 0. The zero-order valence-electron chi connectivity index (χ0n) is 17.0. The molecule has 0 radical (unpaired) electrons. The summed E-state index contributed by atoms with van der Waals surface area (Å²) in [6, 6.07) is 10.3. The Hall–Kier alpha value is -3.50. The second kappa shape index (κ2) is 8.93. The lowest BCUT2D eigenvalue weighted by molar-refractivity contribution is -0.126. The highest BCUT2D eigenvalue weighted by atomic mass is 19.1. The van der Waals surface area contributed by atoms with Crippen molar-refractivity contribution in [1.29, 1.82) is 0 Å². The summed E-state index contributed by atoms with van der Waals surface area (Å²) in [5.41, 5.74) is -0.902. The summed E-state index contributed by atoms with van der Waals surface area (Å²) in [5.74, 6) is -1.70. The molecule has 0 fully saturated rings. The van der Waals surface area contributed by atoms with Crippen molar-refractivity contribution in [3.63, 3.8) is 0 Å². The molecule has 0 saturated carbocycles. The van der Waals surface area contributed by atoms with Gasteiger partial charge in [-0.1, -0.05) is 11.2 Å². The Morgan fingerprint density at radius 3 is 2.53 bits per heavy atom.